The number of nitriles is 1. The summed E-state index contributed by atoms with van der Waals surface area (Å²) in [6.45, 7) is 1.91. The van der Waals surface area contributed by atoms with Gasteiger partial charge in [0.2, 0.25) is 0 Å². The van der Waals surface area contributed by atoms with Crippen LogP contribution in [0.1, 0.15) is 19.8 Å². The Hall–Kier alpha value is -1.73. The number of carbonyl (C=O) groups is 1. The van der Waals surface area contributed by atoms with Crippen molar-refractivity contribution in [1.29, 1.82) is 5.26 Å². The molecule has 0 aliphatic heterocycles. The minimum Gasteiger partial charge on any atom is -0.334 e. The predicted octanol–water partition coefficient (Wildman–Crippen LogP) is 3.15. The van der Waals surface area contributed by atoms with Crippen molar-refractivity contribution in [2.45, 2.75) is 25.8 Å². The number of nitrogens with one attached hydrogen (secondary N) is 2. The standard InChI is InChI=1S/C12H14ClN3O/c1-2-9(7-8-14)15-12(17)16-11-6-4-3-5-10(11)13/h3-6,9H,2,7H2,1H3,(H2,15,16,17). The molecule has 0 saturated carbocycles. The molecule has 1 unspecified atom stereocenters. The molecule has 0 spiro atoms. The van der Waals surface area contributed by atoms with Gasteiger partial charge in [-0.25, -0.2) is 4.79 Å². The molecule has 2 N–H and O–H groups in total. The van der Waals surface area contributed by atoms with Gasteiger partial charge in [-0.3, -0.25) is 0 Å². The van der Waals surface area contributed by atoms with Crippen molar-refractivity contribution in [3.05, 3.63) is 29.3 Å². The second-order valence-electron chi connectivity index (χ2n) is 3.55. The number of benzene rings is 1. The minimum atomic E-state index is -0.347. The van der Waals surface area contributed by atoms with Gasteiger partial charge in [-0.05, 0) is 18.6 Å². The normalized spacial score (nSPS) is 11.4. The average molecular weight is 252 g/mol. The first kappa shape index (κ1) is 13.3. The molecule has 1 aromatic rings. The second-order valence-corrected chi connectivity index (χ2v) is 3.95. The van der Waals surface area contributed by atoms with Crippen LogP contribution in [0, 0.1) is 11.3 Å². The van der Waals surface area contributed by atoms with Gasteiger partial charge >= 0.3 is 6.03 Å². The van der Waals surface area contributed by atoms with Crippen molar-refractivity contribution < 1.29 is 4.79 Å². The van der Waals surface area contributed by atoms with E-state index in [9.17, 15) is 4.79 Å². The molecule has 0 fully saturated rings. The Labute approximate surface area is 106 Å². The average Bonchev–Trinajstić information content (AvgIpc) is 2.31. The Morgan fingerprint density at radius 1 is 1.53 bits per heavy atom. The number of urea groups is 1. The van der Waals surface area contributed by atoms with Gasteiger partial charge in [-0.1, -0.05) is 30.7 Å². The number of nitrogens with zero attached hydrogens (tertiary/aromatic N) is 1. The molecule has 0 radical (unpaired) electrons. The number of halogens is 1. The first-order valence-corrected chi connectivity index (χ1v) is 5.74. The molecule has 4 nitrogen and oxygen atoms in total. The number of amides is 2. The Bertz CT molecular complexity index is 428. The lowest BCUT2D eigenvalue weighted by atomic mass is 10.2. The maximum absolute atomic E-state index is 11.6. The molecule has 1 rings (SSSR count). The summed E-state index contributed by atoms with van der Waals surface area (Å²) in [7, 11) is 0. The maximum Gasteiger partial charge on any atom is 0.319 e. The van der Waals surface area contributed by atoms with Crippen LogP contribution in [0.4, 0.5) is 10.5 Å². The SMILES string of the molecule is CCC(CC#N)NC(=O)Nc1ccccc1Cl. The van der Waals surface area contributed by atoms with Crippen molar-refractivity contribution in [2.24, 2.45) is 0 Å². The highest BCUT2D eigenvalue weighted by atomic mass is 35.5. The lowest BCUT2D eigenvalue weighted by molar-refractivity contribution is 0.248. The van der Waals surface area contributed by atoms with Gasteiger partial charge in [0.1, 0.15) is 0 Å². The summed E-state index contributed by atoms with van der Waals surface area (Å²) in [5.74, 6) is 0. The summed E-state index contributed by atoms with van der Waals surface area (Å²) < 4.78 is 0. The van der Waals surface area contributed by atoms with Crippen LogP contribution in [0.2, 0.25) is 5.02 Å². The molecule has 0 aromatic heterocycles. The van der Waals surface area contributed by atoms with Crippen LogP contribution >= 0.6 is 11.6 Å². The molecule has 0 heterocycles. The third-order valence-corrected chi connectivity index (χ3v) is 2.62. The lowest BCUT2D eigenvalue weighted by Crippen LogP contribution is -2.37. The Balaban J connectivity index is 2.56. The first-order valence-electron chi connectivity index (χ1n) is 5.36. The summed E-state index contributed by atoms with van der Waals surface area (Å²) >= 11 is 5.91. The van der Waals surface area contributed by atoms with E-state index in [1.54, 1.807) is 24.3 Å². The lowest BCUT2D eigenvalue weighted by Gasteiger charge is -2.14. The second kappa shape index (κ2) is 6.77. The molecular formula is C12H14ClN3O. The van der Waals surface area contributed by atoms with Gasteiger partial charge in [0.25, 0.3) is 0 Å². The fourth-order valence-corrected chi connectivity index (χ4v) is 1.50. The van der Waals surface area contributed by atoms with E-state index in [2.05, 4.69) is 10.6 Å². The molecular weight excluding hydrogens is 238 g/mol. The van der Waals surface area contributed by atoms with Crippen LogP contribution in [-0.4, -0.2) is 12.1 Å². The molecule has 17 heavy (non-hydrogen) atoms. The van der Waals surface area contributed by atoms with E-state index in [-0.39, 0.29) is 12.1 Å². The van der Waals surface area contributed by atoms with E-state index in [0.29, 0.717) is 23.6 Å². The number of rotatable bonds is 4. The van der Waals surface area contributed by atoms with E-state index >= 15 is 0 Å². The van der Waals surface area contributed by atoms with Crippen molar-refractivity contribution in [1.82, 2.24) is 5.32 Å². The monoisotopic (exact) mass is 251 g/mol. The van der Waals surface area contributed by atoms with Crippen LogP contribution < -0.4 is 10.6 Å². The van der Waals surface area contributed by atoms with Crippen LogP contribution in [0.25, 0.3) is 0 Å². The molecule has 0 bridgehead atoms. The van der Waals surface area contributed by atoms with Crippen LogP contribution in [0.5, 0.6) is 0 Å². The summed E-state index contributed by atoms with van der Waals surface area (Å²) in [6.07, 6.45) is 1.01. The van der Waals surface area contributed by atoms with Gasteiger partial charge in [-0.15, -0.1) is 0 Å². The summed E-state index contributed by atoms with van der Waals surface area (Å²) in [6, 6.07) is 8.53. The van der Waals surface area contributed by atoms with Gasteiger partial charge in [0, 0.05) is 6.04 Å². The molecule has 0 aliphatic carbocycles. The van der Waals surface area contributed by atoms with E-state index in [4.69, 9.17) is 16.9 Å². The number of hydrogen-bond acceptors (Lipinski definition) is 2. The van der Waals surface area contributed by atoms with Gasteiger partial charge in [0.05, 0.1) is 23.2 Å². The van der Waals surface area contributed by atoms with Crippen molar-refractivity contribution in [3.8, 4) is 6.07 Å². The molecule has 90 valence electrons. The minimum absolute atomic E-state index is 0.137. The highest BCUT2D eigenvalue weighted by Gasteiger charge is 2.10. The fraction of sp³-hybridized carbons (Fsp3) is 0.333. The topological polar surface area (TPSA) is 64.9 Å². The van der Waals surface area contributed by atoms with Crippen molar-refractivity contribution in [2.75, 3.05) is 5.32 Å². The summed E-state index contributed by atoms with van der Waals surface area (Å²) in [5.41, 5.74) is 0.554. The first-order chi connectivity index (χ1) is 8.17. The van der Waals surface area contributed by atoms with E-state index in [1.165, 1.54) is 0 Å². The maximum atomic E-state index is 11.6. The molecule has 1 atom stereocenters. The zero-order valence-corrected chi connectivity index (χ0v) is 10.3. The van der Waals surface area contributed by atoms with E-state index < -0.39 is 0 Å². The Morgan fingerprint density at radius 2 is 2.24 bits per heavy atom. The molecule has 0 aliphatic rings. The van der Waals surface area contributed by atoms with Gasteiger partial charge in [0.15, 0.2) is 0 Å². The van der Waals surface area contributed by atoms with Crippen LogP contribution in [0.15, 0.2) is 24.3 Å². The van der Waals surface area contributed by atoms with E-state index in [1.807, 2.05) is 13.0 Å². The number of carbonyl (C=O) groups excluding carboxylic acids is 1. The summed E-state index contributed by atoms with van der Waals surface area (Å²) in [4.78, 5) is 11.6. The molecule has 5 heteroatoms. The quantitative estimate of drug-likeness (QED) is 0.863. The third kappa shape index (κ3) is 4.33. The molecule has 1 aromatic carbocycles. The Kier molecular flexibility index (Phi) is 5.31. The molecule has 0 saturated heterocycles. The smallest absolute Gasteiger partial charge is 0.319 e. The zero-order chi connectivity index (χ0) is 12.7. The van der Waals surface area contributed by atoms with E-state index in [0.717, 1.165) is 0 Å². The number of hydrogen-bond donors (Lipinski definition) is 2. The molecule has 2 amide bonds. The van der Waals surface area contributed by atoms with Crippen LogP contribution in [0.3, 0.4) is 0 Å². The van der Waals surface area contributed by atoms with Gasteiger partial charge in [-0.2, -0.15) is 5.26 Å². The van der Waals surface area contributed by atoms with Crippen LogP contribution in [-0.2, 0) is 0 Å². The van der Waals surface area contributed by atoms with Gasteiger partial charge < -0.3 is 10.6 Å². The predicted molar refractivity (Wildman–Crippen MR) is 67.9 cm³/mol. The number of para-hydroxylation sites is 1. The third-order valence-electron chi connectivity index (χ3n) is 2.29. The summed E-state index contributed by atoms with van der Waals surface area (Å²) in [5, 5.41) is 14.4. The fourth-order valence-electron chi connectivity index (χ4n) is 1.31. The highest BCUT2D eigenvalue weighted by Crippen LogP contribution is 2.20. The highest BCUT2D eigenvalue weighted by molar-refractivity contribution is 6.33. The van der Waals surface area contributed by atoms with Crippen molar-refractivity contribution >= 4 is 23.3 Å². The zero-order valence-electron chi connectivity index (χ0n) is 9.53. The van der Waals surface area contributed by atoms with Crippen molar-refractivity contribution in [3.63, 3.8) is 0 Å². The Morgan fingerprint density at radius 3 is 2.82 bits per heavy atom. The largest absolute Gasteiger partial charge is 0.334 e. The number of anilines is 1.